The second-order valence-electron chi connectivity index (χ2n) is 6.20. The molecule has 5 heteroatoms. The first-order valence-electron chi connectivity index (χ1n) is 8.73. The second kappa shape index (κ2) is 10.4. The van der Waals surface area contributed by atoms with Gasteiger partial charge in [-0.05, 0) is 31.5 Å². The highest BCUT2D eigenvalue weighted by molar-refractivity contribution is 5.75. The molecule has 1 amide bonds. The molecule has 128 valence electrons. The third-order valence-corrected chi connectivity index (χ3v) is 4.30. The molecule has 1 aromatic rings. The summed E-state index contributed by atoms with van der Waals surface area (Å²) < 4.78 is 0. The molecule has 0 spiro atoms. The van der Waals surface area contributed by atoms with Crippen LogP contribution in [-0.4, -0.2) is 61.5 Å². The van der Waals surface area contributed by atoms with Crippen molar-refractivity contribution in [1.29, 1.82) is 0 Å². The molecular formula is C18H30N4O. The molecule has 0 aliphatic carbocycles. The zero-order valence-corrected chi connectivity index (χ0v) is 14.0. The van der Waals surface area contributed by atoms with E-state index in [4.69, 9.17) is 5.73 Å². The first-order chi connectivity index (χ1) is 11.3. The molecule has 5 nitrogen and oxygen atoms in total. The van der Waals surface area contributed by atoms with E-state index < -0.39 is 0 Å². The number of nitrogens with zero attached hydrogens (tertiary/aromatic N) is 2. The molecule has 0 radical (unpaired) electrons. The first-order valence-corrected chi connectivity index (χ1v) is 8.73. The Bertz CT molecular complexity index is 444. The van der Waals surface area contributed by atoms with Gasteiger partial charge in [0.1, 0.15) is 0 Å². The molecule has 0 unspecified atom stereocenters. The lowest BCUT2D eigenvalue weighted by molar-refractivity contribution is -0.121. The molecule has 0 atom stereocenters. The van der Waals surface area contributed by atoms with Gasteiger partial charge in [-0.2, -0.15) is 0 Å². The molecule has 0 bridgehead atoms. The number of nitrogens with two attached hydrogens (primary N) is 1. The van der Waals surface area contributed by atoms with Crippen molar-refractivity contribution >= 4 is 5.91 Å². The van der Waals surface area contributed by atoms with Crippen LogP contribution < -0.4 is 11.1 Å². The van der Waals surface area contributed by atoms with Crippen molar-refractivity contribution in [3.63, 3.8) is 0 Å². The van der Waals surface area contributed by atoms with Crippen LogP contribution >= 0.6 is 0 Å². The highest BCUT2D eigenvalue weighted by atomic mass is 16.1. The van der Waals surface area contributed by atoms with E-state index in [1.165, 1.54) is 5.56 Å². The largest absolute Gasteiger partial charge is 0.356 e. The summed E-state index contributed by atoms with van der Waals surface area (Å²) in [6.07, 6.45) is 2.34. The number of rotatable bonds is 9. The van der Waals surface area contributed by atoms with Crippen LogP contribution in [0.3, 0.4) is 0 Å². The van der Waals surface area contributed by atoms with E-state index in [0.717, 1.165) is 58.7 Å². The van der Waals surface area contributed by atoms with Gasteiger partial charge in [-0.3, -0.25) is 9.69 Å². The first kappa shape index (κ1) is 17.9. The van der Waals surface area contributed by atoms with Crippen molar-refractivity contribution in [1.82, 2.24) is 15.1 Å². The molecule has 1 aromatic carbocycles. The molecule has 1 aliphatic rings. The molecular weight excluding hydrogens is 288 g/mol. The minimum Gasteiger partial charge on any atom is -0.356 e. The predicted molar refractivity (Wildman–Crippen MR) is 94.1 cm³/mol. The average molecular weight is 318 g/mol. The molecule has 0 saturated carbocycles. The van der Waals surface area contributed by atoms with Gasteiger partial charge in [0.25, 0.3) is 0 Å². The number of benzene rings is 1. The normalized spacial score (nSPS) is 16.4. The quantitative estimate of drug-likeness (QED) is 0.668. The van der Waals surface area contributed by atoms with Gasteiger partial charge in [0, 0.05) is 45.7 Å². The number of piperazine rings is 1. The SMILES string of the molecule is NCCCC(=O)NCCCN1CCN(Cc2ccccc2)CC1. The highest BCUT2D eigenvalue weighted by Gasteiger charge is 2.16. The number of hydrogen-bond donors (Lipinski definition) is 2. The number of nitrogens with one attached hydrogen (secondary N) is 1. The van der Waals surface area contributed by atoms with Crippen LogP contribution in [0.15, 0.2) is 30.3 Å². The van der Waals surface area contributed by atoms with Crippen molar-refractivity contribution in [2.24, 2.45) is 5.73 Å². The maximum atomic E-state index is 11.5. The molecule has 0 aromatic heterocycles. The van der Waals surface area contributed by atoms with Gasteiger partial charge in [-0.15, -0.1) is 0 Å². The molecule has 2 rings (SSSR count). The van der Waals surface area contributed by atoms with Crippen molar-refractivity contribution in [2.75, 3.05) is 45.8 Å². The van der Waals surface area contributed by atoms with Crippen LogP contribution in [0.25, 0.3) is 0 Å². The maximum Gasteiger partial charge on any atom is 0.220 e. The van der Waals surface area contributed by atoms with E-state index in [1.54, 1.807) is 0 Å². The zero-order chi connectivity index (χ0) is 16.3. The van der Waals surface area contributed by atoms with Gasteiger partial charge >= 0.3 is 0 Å². The molecule has 1 fully saturated rings. The highest BCUT2D eigenvalue weighted by Crippen LogP contribution is 2.08. The Labute approximate surface area is 139 Å². The summed E-state index contributed by atoms with van der Waals surface area (Å²) in [5.74, 6) is 0.128. The van der Waals surface area contributed by atoms with E-state index in [2.05, 4.69) is 45.4 Å². The molecule has 1 aliphatic heterocycles. The van der Waals surface area contributed by atoms with Crippen molar-refractivity contribution in [3.05, 3.63) is 35.9 Å². The van der Waals surface area contributed by atoms with E-state index >= 15 is 0 Å². The van der Waals surface area contributed by atoms with Crippen LogP contribution in [0, 0.1) is 0 Å². The Morgan fingerprint density at radius 2 is 1.74 bits per heavy atom. The zero-order valence-electron chi connectivity index (χ0n) is 14.0. The summed E-state index contributed by atoms with van der Waals surface area (Å²) in [5, 5.41) is 2.97. The van der Waals surface area contributed by atoms with Crippen LogP contribution in [0.4, 0.5) is 0 Å². The summed E-state index contributed by atoms with van der Waals surface area (Å²) in [5.41, 5.74) is 6.79. The lowest BCUT2D eigenvalue weighted by atomic mass is 10.2. The molecule has 1 saturated heterocycles. The van der Waals surface area contributed by atoms with Crippen molar-refractivity contribution in [2.45, 2.75) is 25.8 Å². The molecule has 23 heavy (non-hydrogen) atoms. The molecule has 1 heterocycles. The number of hydrogen-bond acceptors (Lipinski definition) is 4. The second-order valence-corrected chi connectivity index (χ2v) is 6.20. The van der Waals surface area contributed by atoms with Gasteiger partial charge in [-0.25, -0.2) is 0 Å². The van der Waals surface area contributed by atoms with E-state index in [-0.39, 0.29) is 5.91 Å². The minimum absolute atomic E-state index is 0.128. The lowest BCUT2D eigenvalue weighted by Crippen LogP contribution is -2.46. The minimum atomic E-state index is 0.128. The number of carbonyl (C=O) groups is 1. The van der Waals surface area contributed by atoms with Crippen molar-refractivity contribution < 1.29 is 4.79 Å². The Morgan fingerprint density at radius 3 is 2.43 bits per heavy atom. The summed E-state index contributed by atoms with van der Waals surface area (Å²) in [7, 11) is 0. The monoisotopic (exact) mass is 318 g/mol. The fourth-order valence-electron chi connectivity index (χ4n) is 2.89. The summed E-state index contributed by atoms with van der Waals surface area (Å²) in [6.45, 7) is 7.95. The maximum absolute atomic E-state index is 11.5. The molecule has 3 N–H and O–H groups in total. The van der Waals surface area contributed by atoms with E-state index in [1.807, 2.05) is 0 Å². The van der Waals surface area contributed by atoms with Crippen LogP contribution in [0.2, 0.25) is 0 Å². The predicted octanol–water partition coefficient (Wildman–Crippen LogP) is 1.05. The Hall–Kier alpha value is -1.43. The Balaban J connectivity index is 1.54. The summed E-state index contributed by atoms with van der Waals surface area (Å²) in [6, 6.07) is 10.7. The standard InChI is InChI=1S/C18H30N4O/c19-9-4-8-18(23)20-10-5-11-21-12-14-22(15-13-21)16-17-6-2-1-3-7-17/h1-3,6-7H,4-5,8-16,19H2,(H,20,23). The Morgan fingerprint density at radius 1 is 1.04 bits per heavy atom. The topological polar surface area (TPSA) is 61.6 Å². The van der Waals surface area contributed by atoms with Crippen LogP contribution in [0.1, 0.15) is 24.8 Å². The fraction of sp³-hybridized carbons (Fsp3) is 0.611. The van der Waals surface area contributed by atoms with Crippen LogP contribution in [0.5, 0.6) is 0 Å². The van der Waals surface area contributed by atoms with Crippen molar-refractivity contribution in [3.8, 4) is 0 Å². The van der Waals surface area contributed by atoms with Gasteiger partial charge in [0.2, 0.25) is 5.91 Å². The fourth-order valence-corrected chi connectivity index (χ4v) is 2.89. The van der Waals surface area contributed by atoms with Crippen LogP contribution in [-0.2, 0) is 11.3 Å². The van der Waals surface area contributed by atoms with Gasteiger partial charge < -0.3 is 16.0 Å². The Kier molecular flexibility index (Phi) is 8.07. The smallest absolute Gasteiger partial charge is 0.220 e. The third kappa shape index (κ3) is 7.12. The summed E-state index contributed by atoms with van der Waals surface area (Å²) >= 11 is 0. The number of amides is 1. The van der Waals surface area contributed by atoms with Gasteiger partial charge in [-0.1, -0.05) is 30.3 Å². The third-order valence-electron chi connectivity index (χ3n) is 4.30. The van der Waals surface area contributed by atoms with E-state index in [9.17, 15) is 4.79 Å². The average Bonchev–Trinajstić information content (AvgIpc) is 2.59. The van der Waals surface area contributed by atoms with Gasteiger partial charge in [0.05, 0.1) is 0 Å². The number of carbonyl (C=O) groups excluding carboxylic acids is 1. The lowest BCUT2D eigenvalue weighted by Gasteiger charge is -2.34. The summed E-state index contributed by atoms with van der Waals surface area (Å²) in [4.78, 5) is 16.5. The van der Waals surface area contributed by atoms with Gasteiger partial charge in [0.15, 0.2) is 0 Å². The van der Waals surface area contributed by atoms with E-state index in [0.29, 0.717) is 13.0 Å².